The first-order chi connectivity index (χ1) is 13.8. The smallest absolute Gasteiger partial charge is 0.190 e. The molecule has 0 unspecified atom stereocenters. The van der Waals surface area contributed by atoms with Crippen LogP contribution in [0.3, 0.4) is 0 Å². The third-order valence-electron chi connectivity index (χ3n) is 4.37. The van der Waals surface area contributed by atoms with Crippen molar-refractivity contribution in [2.45, 2.75) is 13.5 Å². The summed E-state index contributed by atoms with van der Waals surface area (Å²) in [4.78, 5) is 5.72. The summed E-state index contributed by atoms with van der Waals surface area (Å²) >= 11 is 1.59. The molecule has 0 N–H and O–H groups in total. The van der Waals surface area contributed by atoms with Gasteiger partial charge < -0.3 is 18.5 Å². The highest BCUT2D eigenvalue weighted by atomic mass is 32.1. The van der Waals surface area contributed by atoms with Crippen molar-refractivity contribution in [3.63, 3.8) is 0 Å². The molecule has 2 aromatic heterocycles. The molecule has 4 rings (SSSR count). The Bertz CT molecular complexity index is 1090. The van der Waals surface area contributed by atoms with Crippen LogP contribution in [0, 0.1) is 0 Å². The van der Waals surface area contributed by atoms with Gasteiger partial charge in [0.2, 0.25) is 0 Å². The molecular formula is C22H22N2O3S. The van der Waals surface area contributed by atoms with Crippen LogP contribution in [0.2, 0.25) is 0 Å². The highest BCUT2D eigenvalue weighted by Gasteiger charge is 2.13. The highest BCUT2D eigenvalue weighted by molar-refractivity contribution is 7.07. The van der Waals surface area contributed by atoms with Gasteiger partial charge in [-0.15, -0.1) is 11.3 Å². The molecule has 144 valence electrons. The van der Waals surface area contributed by atoms with Crippen LogP contribution in [0.5, 0.6) is 5.75 Å². The SMILES string of the molecule is CCOc1ccc(N=c2scc(-c3cc4ccccc4o3)n2CCOC)cc1. The molecule has 0 amide bonds. The van der Waals surface area contributed by atoms with Gasteiger partial charge in [0, 0.05) is 24.4 Å². The number of ether oxygens (including phenoxy) is 2. The summed E-state index contributed by atoms with van der Waals surface area (Å²) in [6, 6.07) is 17.9. The van der Waals surface area contributed by atoms with E-state index in [1.165, 1.54) is 0 Å². The molecule has 2 heterocycles. The summed E-state index contributed by atoms with van der Waals surface area (Å²) in [6.45, 7) is 3.92. The Morgan fingerprint density at radius 1 is 1.11 bits per heavy atom. The van der Waals surface area contributed by atoms with Crippen molar-refractivity contribution in [2.75, 3.05) is 20.3 Å². The van der Waals surface area contributed by atoms with Gasteiger partial charge >= 0.3 is 0 Å². The van der Waals surface area contributed by atoms with Crippen molar-refractivity contribution >= 4 is 28.0 Å². The van der Waals surface area contributed by atoms with Gasteiger partial charge in [0.15, 0.2) is 10.6 Å². The Balaban J connectivity index is 1.75. The van der Waals surface area contributed by atoms with Crippen molar-refractivity contribution in [1.82, 2.24) is 4.57 Å². The lowest BCUT2D eigenvalue weighted by Gasteiger charge is -2.06. The molecule has 0 spiro atoms. The van der Waals surface area contributed by atoms with Crippen molar-refractivity contribution in [1.29, 1.82) is 0 Å². The number of fused-ring (bicyclic) bond motifs is 1. The second kappa shape index (κ2) is 8.46. The van der Waals surface area contributed by atoms with Crippen LogP contribution in [0.4, 0.5) is 5.69 Å². The minimum absolute atomic E-state index is 0.598. The minimum Gasteiger partial charge on any atom is -0.494 e. The minimum atomic E-state index is 0.598. The molecule has 0 saturated carbocycles. The fraction of sp³-hybridized carbons (Fsp3) is 0.227. The van der Waals surface area contributed by atoms with Gasteiger partial charge in [0.1, 0.15) is 11.3 Å². The third-order valence-corrected chi connectivity index (χ3v) is 5.23. The normalized spacial score (nSPS) is 12.0. The van der Waals surface area contributed by atoms with E-state index in [4.69, 9.17) is 18.9 Å². The monoisotopic (exact) mass is 394 g/mol. The lowest BCUT2D eigenvalue weighted by atomic mass is 10.2. The maximum Gasteiger partial charge on any atom is 0.190 e. The molecule has 5 nitrogen and oxygen atoms in total. The topological polar surface area (TPSA) is 48.9 Å². The van der Waals surface area contributed by atoms with Crippen molar-refractivity contribution < 1.29 is 13.9 Å². The maximum absolute atomic E-state index is 6.07. The quantitative estimate of drug-likeness (QED) is 0.431. The standard InChI is InChI=1S/C22H22N2O3S/c1-3-26-18-10-8-17(9-11-18)23-22-24(12-13-25-2)19(15-28-22)21-14-16-6-4-5-7-20(16)27-21/h4-11,14-15H,3,12-13H2,1-2H3. The van der Waals surface area contributed by atoms with Crippen LogP contribution in [0.15, 0.2) is 69.4 Å². The zero-order valence-electron chi connectivity index (χ0n) is 15.9. The lowest BCUT2D eigenvalue weighted by Crippen LogP contribution is -2.18. The molecule has 2 aromatic carbocycles. The highest BCUT2D eigenvalue weighted by Crippen LogP contribution is 2.28. The average molecular weight is 394 g/mol. The summed E-state index contributed by atoms with van der Waals surface area (Å²) in [5, 5.41) is 3.17. The maximum atomic E-state index is 6.07. The number of furan rings is 1. The fourth-order valence-electron chi connectivity index (χ4n) is 3.02. The molecule has 0 aliphatic heterocycles. The van der Waals surface area contributed by atoms with E-state index in [1.54, 1.807) is 18.4 Å². The number of hydrogen-bond acceptors (Lipinski definition) is 5. The molecule has 0 aliphatic rings. The largest absolute Gasteiger partial charge is 0.494 e. The number of hydrogen-bond donors (Lipinski definition) is 0. The van der Waals surface area contributed by atoms with Gasteiger partial charge in [-0.3, -0.25) is 0 Å². The summed E-state index contributed by atoms with van der Waals surface area (Å²) in [6.07, 6.45) is 0. The Kier molecular flexibility index (Phi) is 5.60. The lowest BCUT2D eigenvalue weighted by molar-refractivity contribution is 0.187. The average Bonchev–Trinajstić information content (AvgIpc) is 3.31. The molecule has 4 aromatic rings. The van der Waals surface area contributed by atoms with E-state index >= 15 is 0 Å². The molecule has 28 heavy (non-hydrogen) atoms. The van der Waals surface area contributed by atoms with E-state index in [0.717, 1.165) is 38.7 Å². The Morgan fingerprint density at radius 2 is 1.93 bits per heavy atom. The van der Waals surface area contributed by atoms with E-state index in [1.807, 2.05) is 49.4 Å². The Morgan fingerprint density at radius 3 is 2.68 bits per heavy atom. The van der Waals surface area contributed by atoms with E-state index in [0.29, 0.717) is 19.8 Å². The first kappa shape index (κ1) is 18.5. The second-order valence-corrected chi connectivity index (χ2v) is 7.07. The van der Waals surface area contributed by atoms with Gasteiger partial charge in [-0.2, -0.15) is 0 Å². The Labute approximate surface area is 167 Å². The van der Waals surface area contributed by atoms with E-state index in [2.05, 4.69) is 22.1 Å². The van der Waals surface area contributed by atoms with Crippen molar-refractivity contribution in [3.05, 3.63) is 64.8 Å². The predicted octanol–water partition coefficient (Wildman–Crippen LogP) is 5.24. The number of nitrogens with zero attached hydrogens (tertiary/aromatic N) is 2. The van der Waals surface area contributed by atoms with Crippen molar-refractivity contribution in [3.8, 4) is 17.2 Å². The van der Waals surface area contributed by atoms with E-state index in [-0.39, 0.29) is 0 Å². The van der Waals surface area contributed by atoms with Gasteiger partial charge in [0.25, 0.3) is 0 Å². The van der Waals surface area contributed by atoms with Crippen LogP contribution in [0.25, 0.3) is 22.4 Å². The molecule has 0 atom stereocenters. The number of benzene rings is 2. The van der Waals surface area contributed by atoms with E-state index in [9.17, 15) is 0 Å². The van der Waals surface area contributed by atoms with Gasteiger partial charge in [-0.1, -0.05) is 18.2 Å². The molecule has 0 radical (unpaired) electrons. The van der Waals surface area contributed by atoms with Gasteiger partial charge in [-0.05, 0) is 43.3 Å². The second-order valence-electron chi connectivity index (χ2n) is 6.24. The number of aromatic nitrogens is 1. The van der Waals surface area contributed by atoms with Crippen LogP contribution < -0.4 is 9.54 Å². The van der Waals surface area contributed by atoms with E-state index < -0.39 is 0 Å². The molecule has 0 bridgehead atoms. The molecule has 0 saturated heterocycles. The first-order valence-electron chi connectivity index (χ1n) is 9.22. The summed E-state index contributed by atoms with van der Waals surface area (Å²) < 4.78 is 19.0. The molecular weight excluding hydrogens is 372 g/mol. The van der Waals surface area contributed by atoms with Crippen molar-refractivity contribution in [2.24, 2.45) is 4.99 Å². The summed E-state index contributed by atoms with van der Waals surface area (Å²) in [5.41, 5.74) is 2.77. The fourth-order valence-corrected chi connectivity index (χ4v) is 3.95. The molecule has 0 aliphatic carbocycles. The summed E-state index contributed by atoms with van der Waals surface area (Å²) in [5.74, 6) is 1.68. The van der Waals surface area contributed by atoms with Crippen LogP contribution in [-0.4, -0.2) is 24.9 Å². The van der Waals surface area contributed by atoms with Crippen LogP contribution in [0.1, 0.15) is 6.92 Å². The van der Waals surface area contributed by atoms with Crippen LogP contribution >= 0.6 is 11.3 Å². The summed E-state index contributed by atoms with van der Waals surface area (Å²) in [7, 11) is 1.71. The third kappa shape index (κ3) is 3.88. The first-order valence-corrected chi connectivity index (χ1v) is 10.1. The number of thiazole rings is 1. The van der Waals surface area contributed by atoms with Gasteiger partial charge in [-0.25, -0.2) is 4.99 Å². The van der Waals surface area contributed by atoms with Gasteiger partial charge in [0.05, 0.1) is 24.6 Å². The Hall–Kier alpha value is -2.83. The predicted molar refractivity (Wildman–Crippen MR) is 112 cm³/mol. The number of para-hydroxylation sites is 1. The molecule has 6 heteroatoms. The number of methoxy groups -OCH3 is 1. The zero-order chi connectivity index (χ0) is 19.3. The number of rotatable bonds is 7. The van der Waals surface area contributed by atoms with Crippen LogP contribution in [-0.2, 0) is 11.3 Å². The molecule has 0 fully saturated rings. The zero-order valence-corrected chi connectivity index (χ0v) is 16.7.